The molecule has 1 saturated heterocycles. The van der Waals surface area contributed by atoms with Gasteiger partial charge in [0.2, 0.25) is 23.6 Å². The molecule has 21 heteroatoms. The summed E-state index contributed by atoms with van der Waals surface area (Å²) in [5.41, 5.74) is 9.82. The first-order valence-electron chi connectivity index (χ1n) is 25.5. The number of carbonyl (C=O) groups excluding carboxylic acids is 6. The first-order chi connectivity index (χ1) is 35.3. The fraction of sp³-hybridized carbons (Fsp3) is 0.528. The summed E-state index contributed by atoms with van der Waals surface area (Å²) in [6.45, 7) is 13.8. The lowest BCUT2D eigenvalue weighted by molar-refractivity contribution is -0.299. The average Bonchev–Trinajstić information content (AvgIpc) is 3.76. The van der Waals surface area contributed by atoms with Gasteiger partial charge >= 0.3 is 12.1 Å². The second-order valence-corrected chi connectivity index (χ2v) is 19.8. The number of alkyl carbamates (subject to hydrolysis) is 1. The maximum Gasteiger partial charge on any atom is 0.407 e. The second kappa shape index (κ2) is 28.5. The van der Waals surface area contributed by atoms with Crippen molar-refractivity contribution in [1.82, 2.24) is 42.1 Å². The molecule has 0 aromatic heterocycles. The van der Waals surface area contributed by atoms with Crippen molar-refractivity contribution in [2.24, 2.45) is 10.7 Å². The highest BCUT2D eigenvalue weighted by Gasteiger charge is 2.37. The van der Waals surface area contributed by atoms with E-state index in [1.54, 1.807) is 39.8 Å². The maximum absolute atomic E-state index is 14.7. The van der Waals surface area contributed by atoms with Gasteiger partial charge in [0.05, 0.1) is 18.6 Å². The predicted octanol–water partition coefficient (Wildman–Crippen LogP) is 4.30. The van der Waals surface area contributed by atoms with Crippen LogP contribution in [0.25, 0.3) is 0 Å². The highest BCUT2D eigenvalue weighted by Crippen LogP contribution is 2.33. The predicted molar refractivity (Wildman–Crippen MR) is 280 cm³/mol. The third-order valence-electron chi connectivity index (χ3n) is 11.9. The number of urea groups is 1. The molecule has 0 aliphatic carbocycles. The van der Waals surface area contributed by atoms with Gasteiger partial charge in [-0.1, -0.05) is 55.5 Å². The van der Waals surface area contributed by atoms with E-state index in [1.165, 1.54) is 12.1 Å². The first kappa shape index (κ1) is 57.9. The minimum absolute atomic E-state index is 0.0944. The molecule has 0 spiro atoms. The van der Waals surface area contributed by atoms with Crippen LogP contribution in [0, 0.1) is 0 Å². The van der Waals surface area contributed by atoms with Gasteiger partial charge in [-0.3, -0.25) is 34.4 Å². The van der Waals surface area contributed by atoms with E-state index in [0.29, 0.717) is 70.4 Å². The first-order valence-corrected chi connectivity index (χ1v) is 25.5. The number of benzene rings is 3. The monoisotopic (exact) mass is 1030 g/mol. The quantitative estimate of drug-likeness (QED) is 0.0322. The van der Waals surface area contributed by atoms with E-state index in [0.717, 1.165) is 22.4 Å². The number of nitrogens with one attached hydrogen (secondary N) is 8. The van der Waals surface area contributed by atoms with Gasteiger partial charge in [-0.15, -0.1) is 0 Å². The zero-order valence-corrected chi connectivity index (χ0v) is 43.6. The number of anilines is 1. The van der Waals surface area contributed by atoms with Crippen molar-refractivity contribution in [1.29, 1.82) is 0 Å². The van der Waals surface area contributed by atoms with Crippen molar-refractivity contribution < 1.29 is 48.1 Å². The average molecular weight is 1030 g/mol. The summed E-state index contributed by atoms with van der Waals surface area (Å²) in [4.78, 5) is 83.9. The van der Waals surface area contributed by atoms with Crippen LogP contribution in [0.4, 0.5) is 15.3 Å². The lowest BCUT2D eigenvalue weighted by Crippen LogP contribution is -2.50. The van der Waals surface area contributed by atoms with E-state index in [2.05, 4.69) is 52.4 Å². The Hall–Kier alpha value is -6.97. The number of fused-ring (bicyclic) bond motifs is 1. The number of nitrogens with two attached hydrogens (primary N) is 1. The van der Waals surface area contributed by atoms with Gasteiger partial charge in [0.25, 0.3) is 0 Å². The lowest BCUT2D eigenvalue weighted by Gasteiger charge is -2.40. The van der Waals surface area contributed by atoms with Gasteiger partial charge in [0, 0.05) is 77.4 Å². The summed E-state index contributed by atoms with van der Waals surface area (Å²) in [5, 5.41) is 32.7. The summed E-state index contributed by atoms with van der Waals surface area (Å²) in [6, 6.07) is 19.7. The second-order valence-electron chi connectivity index (χ2n) is 19.8. The van der Waals surface area contributed by atoms with E-state index in [-0.39, 0.29) is 80.7 Å². The van der Waals surface area contributed by atoms with Crippen molar-refractivity contribution in [2.45, 2.75) is 142 Å². The molecule has 0 saturated carbocycles. The number of aromatic hydroxyl groups is 1. The van der Waals surface area contributed by atoms with Crippen LogP contribution in [0.2, 0.25) is 0 Å². The largest absolute Gasteiger partial charge is 0.508 e. The molecule has 0 radical (unpaired) electrons. The summed E-state index contributed by atoms with van der Waals surface area (Å²) < 4.78 is 17.5. The van der Waals surface area contributed by atoms with Crippen molar-refractivity contribution in [3.05, 3.63) is 95.1 Å². The summed E-state index contributed by atoms with van der Waals surface area (Å²) >= 11 is 0. The zero-order chi connectivity index (χ0) is 53.7. The van der Waals surface area contributed by atoms with Crippen LogP contribution in [0.1, 0.15) is 115 Å². The molecule has 11 N–H and O–H groups in total. The minimum atomic E-state index is -0.978. The topological polar surface area (TPSA) is 288 Å². The van der Waals surface area contributed by atoms with Crippen molar-refractivity contribution in [3.8, 4) is 5.75 Å². The summed E-state index contributed by atoms with van der Waals surface area (Å²) in [7, 11) is 0. The Balaban J connectivity index is 1.18. The van der Waals surface area contributed by atoms with Gasteiger partial charge in [-0.25, -0.2) is 9.59 Å². The van der Waals surface area contributed by atoms with Gasteiger partial charge in [0.1, 0.15) is 23.4 Å². The number of phenolic OH excluding ortho intramolecular Hbond substituents is 1. The molecule has 2 aliphatic heterocycles. The maximum atomic E-state index is 14.7. The van der Waals surface area contributed by atoms with Crippen LogP contribution >= 0.6 is 0 Å². The number of carbonyl (C=O) groups is 6. The number of ether oxygens (including phenoxy) is 3. The van der Waals surface area contributed by atoms with Crippen molar-refractivity contribution in [2.75, 3.05) is 44.6 Å². The third-order valence-corrected chi connectivity index (χ3v) is 11.9. The molecule has 3 aromatic rings. The van der Waals surface area contributed by atoms with Gasteiger partial charge in [0.15, 0.2) is 11.7 Å². The molecule has 2 aliphatic rings. The standard InChI is InChI=1S/C53H77N11O10/c1-7-44(66)57-27-28-59-50(70)63-49(54)58-23-11-17-43(47(68)61-32-35-18-20-40(65)21-19-35)62-48(69)46(64-33-37-13-8-9-14-38(37)34-64)36-15-10-16-39(29-36)55-24-12-25-56-45(67)31-42-30-41(72-53(5,6)73-42)22-26-60-51(71)74-52(2,3)4/h8-10,13-16,18-21,29,41-43,46,55,65H,7,11-12,17,22-28,30-34H2,1-6H3,(H,56,67)(H,57,66)(H,60,71)(H,61,68)(H,62,69)(H4,54,58,59,63,70)/t41-,42-,43-,46+/m1/s1. The Morgan fingerprint density at radius 3 is 2.20 bits per heavy atom. The van der Waals surface area contributed by atoms with E-state index in [1.807, 2.05) is 62.4 Å². The molecule has 1 fully saturated rings. The van der Waals surface area contributed by atoms with Crippen LogP contribution < -0.4 is 48.3 Å². The number of phenols is 1. The van der Waals surface area contributed by atoms with Gasteiger partial charge in [-0.2, -0.15) is 0 Å². The molecule has 404 valence electrons. The minimum Gasteiger partial charge on any atom is -0.508 e. The van der Waals surface area contributed by atoms with Crippen LogP contribution in [-0.2, 0) is 53.0 Å². The number of hydrogen-bond acceptors (Lipinski definition) is 13. The van der Waals surface area contributed by atoms with Crippen molar-refractivity contribution in [3.63, 3.8) is 0 Å². The Morgan fingerprint density at radius 1 is 0.811 bits per heavy atom. The number of hydrogen-bond donors (Lipinski definition) is 10. The fourth-order valence-electron chi connectivity index (χ4n) is 8.53. The normalized spacial score (nSPS) is 17.1. The molecule has 74 heavy (non-hydrogen) atoms. The fourth-order valence-corrected chi connectivity index (χ4v) is 8.53. The molecule has 5 rings (SSSR count). The van der Waals surface area contributed by atoms with Gasteiger partial charge < -0.3 is 62.3 Å². The number of rotatable bonds is 25. The van der Waals surface area contributed by atoms with E-state index < -0.39 is 41.5 Å². The summed E-state index contributed by atoms with van der Waals surface area (Å²) in [6.07, 6.45) is 1.57. The van der Waals surface area contributed by atoms with E-state index >= 15 is 0 Å². The van der Waals surface area contributed by atoms with Gasteiger partial charge in [-0.05, 0) is 107 Å². The molecular weight excluding hydrogens is 951 g/mol. The molecular formula is C53H77N11O10. The number of guanidine groups is 1. The van der Waals surface area contributed by atoms with E-state index in [9.17, 15) is 33.9 Å². The Labute approximate surface area is 434 Å². The molecule has 21 nitrogen and oxygen atoms in total. The molecule has 3 aromatic carbocycles. The number of amides is 7. The summed E-state index contributed by atoms with van der Waals surface area (Å²) in [5.74, 6) is -2.00. The van der Waals surface area contributed by atoms with E-state index in [4.69, 9.17) is 19.9 Å². The third kappa shape index (κ3) is 20.5. The highest BCUT2D eigenvalue weighted by atomic mass is 16.7. The van der Waals surface area contributed by atoms with Crippen LogP contribution in [-0.4, -0.2) is 121 Å². The molecule has 0 bridgehead atoms. The Bertz CT molecular complexity index is 2350. The lowest BCUT2D eigenvalue weighted by atomic mass is 10.0. The van der Waals surface area contributed by atoms with Crippen LogP contribution in [0.3, 0.4) is 0 Å². The van der Waals surface area contributed by atoms with Crippen LogP contribution in [0.5, 0.6) is 5.75 Å². The highest BCUT2D eigenvalue weighted by molar-refractivity contribution is 5.95. The molecule has 0 unspecified atom stereocenters. The smallest absolute Gasteiger partial charge is 0.407 e. The Morgan fingerprint density at radius 2 is 1.50 bits per heavy atom. The molecule has 2 heterocycles. The molecule has 7 amide bonds. The van der Waals surface area contributed by atoms with Crippen LogP contribution in [0.15, 0.2) is 77.8 Å². The number of aliphatic imine (C=N–C) groups is 1. The number of nitrogens with zero attached hydrogens (tertiary/aromatic N) is 2. The Kier molecular flexibility index (Phi) is 22.3. The van der Waals surface area contributed by atoms with Crippen molar-refractivity contribution >= 4 is 47.4 Å². The SMILES string of the molecule is CCC(=O)NCCNC(=O)NC(N)=NCCC[C@@H](NC(=O)[C@H](c1cccc(NCCCNC(=O)C[C@H]2C[C@@H](CCNC(=O)OC(C)(C)C)OC(C)(C)O2)c1)N1Cc2ccccc2C1)C(=O)NCc1ccc(O)cc1. The molecule has 4 atom stereocenters. The zero-order valence-electron chi connectivity index (χ0n) is 43.6.